The molecule has 3 saturated heterocycles. The van der Waals surface area contributed by atoms with Crippen molar-refractivity contribution in [3.8, 4) is 0 Å². The molecule has 1 unspecified atom stereocenters. The van der Waals surface area contributed by atoms with Gasteiger partial charge in [-0.1, -0.05) is 38.1 Å². The van der Waals surface area contributed by atoms with E-state index in [1.165, 1.54) is 0 Å². The van der Waals surface area contributed by atoms with Crippen molar-refractivity contribution in [3.63, 3.8) is 0 Å². The predicted molar refractivity (Wildman–Crippen MR) is 169 cm³/mol. The molecular weight excluding hydrogens is 628 g/mol. The van der Waals surface area contributed by atoms with Gasteiger partial charge in [0.2, 0.25) is 5.91 Å². The molecule has 2 aromatic carbocycles. The monoisotopic (exact) mass is 663 g/mol. The minimum atomic E-state index is -5.01. The number of nitrogens with zero attached hydrogens (tertiary/aromatic N) is 2. The molecular formula is C33H35F6N5OS. The normalized spacial score (nSPS) is 22.7. The average molecular weight is 664 g/mol. The Morgan fingerprint density at radius 2 is 1.72 bits per heavy atom. The van der Waals surface area contributed by atoms with E-state index < -0.39 is 47.2 Å². The Morgan fingerprint density at radius 1 is 1.04 bits per heavy atom. The number of piperidine rings is 3. The number of nitrogens with one attached hydrogen (secondary N) is 3. The zero-order valence-electron chi connectivity index (χ0n) is 25.3. The van der Waals surface area contributed by atoms with Crippen LogP contribution >= 0.6 is 12.2 Å². The quantitative estimate of drug-likeness (QED) is 0.133. The summed E-state index contributed by atoms with van der Waals surface area (Å²) in [7, 11) is 0. The van der Waals surface area contributed by atoms with Crippen molar-refractivity contribution in [2.45, 2.75) is 57.2 Å². The molecule has 46 heavy (non-hydrogen) atoms. The van der Waals surface area contributed by atoms with Crippen LogP contribution in [0.25, 0.3) is 10.9 Å². The summed E-state index contributed by atoms with van der Waals surface area (Å²) in [4.78, 5) is 20.9. The molecule has 3 N–H and O–H groups in total. The van der Waals surface area contributed by atoms with Crippen molar-refractivity contribution in [3.05, 3.63) is 84.1 Å². The van der Waals surface area contributed by atoms with Gasteiger partial charge in [-0.25, -0.2) is 0 Å². The number of carbonyl (C=O) groups excluding carboxylic acids is 1. The third-order valence-corrected chi connectivity index (χ3v) is 9.16. The van der Waals surface area contributed by atoms with Crippen molar-refractivity contribution in [1.29, 1.82) is 0 Å². The number of aromatic nitrogens is 1. The first kappa shape index (κ1) is 33.6. The predicted octanol–water partition coefficient (Wildman–Crippen LogP) is 7.34. The summed E-state index contributed by atoms with van der Waals surface area (Å²) in [6, 6.07) is 9.28. The second-order valence-electron chi connectivity index (χ2n) is 12.3. The van der Waals surface area contributed by atoms with Gasteiger partial charge < -0.3 is 16.0 Å². The molecule has 6 rings (SSSR count). The summed E-state index contributed by atoms with van der Waals surface area (Å²) < 4.78 is 80.4. The van der Waals surface area contributed by atoms with Crippen LogP contribution in [0, 0.1) is 17.8 Å². The fraction of sp³-hybridized carbons (Fsp3) is 0.424. The van der Waals surface area contributed by atoms with E-state index in [2.05, 4.69) is 32.4 Å². The molecule has 4 heterocycles. The molecule has 6 nitrogen and oxygen atoms in total. The van der Waals surface area contributed by atoms with Crippen LogP contribution in [-0.2, 0) is 17.1 Å². The van der Waals surface area contributed by atoms with Gasteiger partial charge in [0.1, 0.15) is 6.04 Å². The maximum absolute atomic E-state index is 14.0. The lowest BCUT2D eigenvalue weighted by atomic mass is 9.73. The number of carbonyl (C=O) groups is 1. The van der Waals surface area contributed by atoms with Gasteiger partial charge in [0, 0.05) is 29.9 Å². The molecule has 0 spiro atoms. The van der Waals surface area contributed by atoms with E-state index in [9.17, 15) is 31.1 Å². The van der Waals surface area contributed by atoms with Crippen LogP contribution in [-0.4, -0.2) is 46.1 Å². The zero-order chi connectivity index (χ0) is 33.4. The number of hydrogen-bond donors (Lipinski definition) is 3. The molecule has 2 bridgehead atoms. The molecule has 1 amide bonds. The molecule has 1 aromatic heterocycles. The number of rotatable bonds is 8. The molecule has 3 aromatic rings. The molecule has 0 radical (unpaired) electrons. The summed E-state index contributed by atoms with van der Waals surface area (Å²) in [5.41, 5.74) is -1.78. The summed E-state index contributed by atoms with van der Waals surface area (Å²) in [6.07, 6.45) is -4.45. The van der Waals surface area contributed by atoms with Crippen molar-refractivity contribution in [1.82, 2.24) is 20.5 Å². The number of benzene rings is 2. The highest BCUT2D eigenvalue weighted by Crippen LogP contribution is 2.42. The number of amides is 1. The Balaban J connectivity index is 1.41. The standard InChI is InChI=1S/C33H35F6N5OS/c1-4-19-17-44-12-10-20(19)13-27(44)29(25-9-11-40-26-8-6-5-7-24(25)26)42-30(45)28(18(2)3)43-31(46)41-23-15-21(32(34,35)36)14-22(16-23)33(37,38)39/h4-9,11,14-16,18-20,27-29H,1,10,12-13,17H2,2-3H3,(H,42,45)(H2,41,43,46)/t19-,20-,27-,28-,29-/m0/s1. The lowest BCUT2D eigenvalue weighted by Crippen LogP contribution is -2.59. The number of alkyl halides is 6. The van der Waals surface area contributed by atoms with E-state index in [4.69, 9.17) is 12.2 Å². The van der Waals surface area contributed by atoms with Crippen LogP contribution < -0.4 is 16.0 Å². The van der Waals surface area contributed by atoms with Gasteiger partial charge in [0.05, 0.1) is 22.7 Å². The first-order valence-corrected chi connectivity index (χ1v) is 15.4. The molecule has 0 aliphatic carbocycles. The molecule has 6 atom stereocenters. The van der Waals surface area contributed by atoms with Gasteiger partial charge >= 0.3 is 12.4 Å². The lowest BCUT2D eigenvalue weighted by Gasteiger charge is -2.52. The molecule has 13 heteroatoms. The second-order valence-corrected chi connectivity index (χ2v) is 12.7. The SMILES string of the molecule is C=C[C@H]1CN2CC[C@H]1C[C@H]2[C@@H](NC(=O)[C@@H](NC(=S)Nc1cc(C(F)(F)F)cc(C(F)(F)F)c1)C(C)C)c1ccnc2ccccc12. The second kappa shape index (κ2) is 13.2. The first-order valence-electron chi connectivity index (χ1n) is 15.0. The highest BCUT2D eigenvalue weighted by Gasteiger charge is 2.44. The van der Waals surface area contributed by atoms with E-state index in [1.807, 2.05) is 36.4 Å². The van der Waals surface area contributed by atoms with Crippen LogP contribution in [0.15, 0.2) is 67.4 Å². The Bertz CT molecular complexity index is 1570. The Morgan fingerprint density at radius 3 is 2.30 bits per heavy atom. The van der Waals surface area contributed by atoms with Crippen LogP contribution in [0.1, 0.15) is 49.4 Å². The molecule has 3 aliphatic rings. The third kappa shape index (κ3) is 7.30. The number of halogens is 6. The van der Waals surface area contributed by atoms with Crippen LogP contribution in [0.2, 0.25) is 0 Å². The number of thiocarbonyl (C=S) groups is 1. The summed E-state index contributed by atoms with van der Waals surface area (Å²) in [6.45, 7) is 9.25. The number of para-hydroxylation sites is 1. The van der Waals surface area contributed by atoms with Crippen molar-refractivity contribution < 1.29 is 31.1 Å². The van der Waals surface area contributed by atoms with Crippen LogP contribution in [0.3, 0.4) is 0 Å². The maximum atomic E-state index is 14.0. The lowest BCUT2D eigenvalue weighted by molar-refractivity contribution is -0.143. The Labute approximate surface area is 268 Å². The molecule has 3 fully saturated rings. The van der Waals surface area contributed by atoms with E-state index in [1.54, 1.807) is 20.0 Å². The van der Waals surface area contributed by atoms with Gasteiger partial charge in [0.25, 0.3) is 0 Å². The first-order chi connectivity index (χ1) is 21.7. The van der Waals surface area contributed by atoms with Gasteiger partial charge in [-0.05, 0) is 85.3 Å². The van der Waals surface area contributed by atoms with Crippen molar-refractivity contribution in [2.75, 3.05) is 18.4 Å². The molecule has 0 saturated carbocycles. The largest absolute Gasteiger partial charge is 0.416 e. The van der Waals surface area contributed by atoms with Gasteiger partial charge in [-0.3, -0.25) is 14.7 Å². The maximum Gasteiger partial charge on any atom is 0.416 e. The Kier molecular flexibility index (Phi) is 9.65. The molecule has 246 valence electrons. The third-order valence-electron chi connectivity index (χ3n) is 8.94. The number of fused-ring (bicyclic) bond motifs is 4. The van der Waals surface area contributed by atoms with Crippen LogP contribution in [0.5, 0.6) is 0 Å². The van der Waals surface area contributed by atoms with Crippen molar-refractivity contribution >= 4 is 39.8 Å². The summed E-state index contributed by atoms with van der Waals surface area (Å²) >= 11 is 5.30. The van der Waals surface area contributed by atoms with Gasteiger partial charge in [0.15, 0.2) is 5.11 Å². The highest BCUT2D eigenvalue weighted by molar-refractivity contribution is 7.80. The van der Waals surface area contributed by atoms with E-state index in [-0.39, 0.29) is 23.1 Å². The van der Waals surface area contributed by atoms with Crippen LogP contribution in [0.4, 0.5) is 32.0 Å². The highest BCUT2D eigenvalue weighted by atomic mass is 32.1. The number of anilines is 1. The number of hydrogen-bond acceptors (Lipinski definition) is 4. The van der Waals surface area contributed by atoms with E-state index in [0.717, 1.165) is 42.4 Å². The number of pyridine rings is 1. The Hall–Kier alpha value is -3.71. The fourth-order valence-electron chi connectivity index (χ4n) is 6.61. The summed E-state index contributed by atoms with van der Waals surface area (Å²) in [5, 5.41) is 9.11. The van der Waals surface area contributed by atoms with Gasteiger partial charge in [-0.15, -0.1) is 6.58 Å². The smallest absolute Gasteiger partial charge is 0.350 e. The minimum absolute atomic E-state index is 0.0199. The van der Waals surface area contributed by atoms with E-state index >= 15 is 0 Å². The zero-order valence-corrected chi connectivity index (χ0v) is 26.1. The van der Waals surface area contributed by atoms with Crippen molar-refractivity contribution in [2.24, 2.45) is 17.8 Å². The summed E-state index contributed by atoms with van der Waals surface area (Å²) in [5.74, 6) is 0.0192. The molecule has 3 aliphatic heterocycles. The minimum Gasteiger partial charge on any atom is -0.350 e. The van der Waals surface area contributed by atoms with E-state index in [0.29, 0.717) is 24.0 Å². The average Bonchev–Trinajstić information content (AvgIpc) is 3.01. The topological polar surface area (TPSA) is 69.3 Å². The fourth-order valence-corrected chi connectivity index (χ4v) is 6.85. The van der Waals surface area contributed by atoms with Gasteiger partial charge in [-0.2, -0.15) is 26.3 Å².